The van der Waals surface area contributed by atoms with Gasteiger partial charge in [0.15, 0.2) is 11.7 Å². The van der Waals surface area contributed by atoms with Crippen LogP contribution in [0.3, 0.4) is 0 Å². The van der Waals surface area contributed by atoms with Crippen molar-refractivity contribution in [2.45, 2.75) is 20.3 Å². The van der Waals surface area contributed by atoms with Crippen LogP contribution in [0.5, 0.6) is 5.75 Å². The highest BCUT2D eigenvalue weighted by molar-refractivity contribution is 7.15. The molecule has 27 heavy (non-hydrogen) atoms. The van der Waals surface area contributed by atoms with E-state index in [4.69, 9.17) is 27.9 Å². The van der Waals surface area contributed by atoms with Crippen molar-refractivity contribution in [1.29, 1.82) is 0 Å². The molecule has 4 nitrogen and oxygen atoms in total. The van der Waals surface area contributed by atoms with Crippen molar-refractivity contribution in [2.75, 3.05) is 11.9 Å². The lowest BCUT2D eigenvalue weighted by Crippen LogP contribution is -2.20. The van der Waals surface area contributed by atoms with Crippen molar-refractivity contribution >= 4 is 45.6 Å². The fourth-order valence-corrected chi connectivity index (χ4v) is 3.74. The Labute approximate surface area is 172 Å². The molecule has 1 N–H and O–H groups in total. The summed E-state index contributed by atoms with van der Waals surface area (Å²) in [5.41, 5.74) is 3.19. The molecule has 0 radical (unpaired) electrons. The summed E-state index contributed by atoms with van der Waals surface area (Å²) in [6, 6.07) is 11.4. The van der Waals surface area contributed by atoms with Crippen LogP contribution in [0, 0.1) is 13.8 Å². The van der Waals surface area contributed by atoms with Crippen LogP contribution in [-0.2, 0) is 11.2 Å². The summed E-state index contributed by atoms with van der Waals surface area (Å²) >= 11 is 13.4. The van der Waals surface area contributed by atoms with E-state index >= 15 is 0 Å². The lowest BCUT2D eigenvalue weighted by atomic mass is 10.1. The van der Waals surface area contributed by atoms with Crippen LogP contribution >= 0.6 is 34.5 Å². The van der Waals surface area contributed by atoms with Gasteiger partial charge in [-0.3, -0.25) is 10.1 Å². The van der Waals surface area contributed by atoms with Gasteiger partial charge in [-0.1, -0.05) is 47.0 Å². The molecule has 0 spiro atoms. The molecule has 0 atom stereocenters. The largest absolute Gasteiger partial charge is 0.483 e. The molecule has 0 saturated heterocycles. The fourth-order valence-electron chi connectivity index (χ4n) is 2.56. The second kappa shape index (κ2) is 8.74. The van der Waals surface area contributed by atoms with Crippen LogP contribution in [0.2, 0.25) is 10.0 Å². The van der Waals surface area contributed by atoms with Gasteiger partial charge in [0.05, 0.1) is 10.0 Å². The molecule has 0 aliphatic heterocycles. The summed E-state index contributed by atoms with van der Waals surface area (Å²) < 4.78 is 5.59. The zero-order valence-electron chi connectivity index (χ0n) is 14.9. The van der Waals surface area contributed by atoms with Crippen molar-refractivity contribution in [2.24, 2.45) is 0 Å². The smallest absolute Gasteiger partial charge is 0.264 e. The van der Waals surface area contributed by atoms with Gasteiger partial charge in [-0.25, -0.2) is 4.98 Å². The minimum Gasteiger partial charge on any atom is -0.483 e. The highest BCUT2D eigenvalue weighted by Crippen LogP contribution is 2.26. The third-order valence-corrected chi connectivity index (χ3v) is 5.50. The van der Waals surface area contributed by atoms with Gasteiger partial charge in [-0.2, -0.15) is 0 Å². The van der Waals surface area contributed by atoms with Crippen molar-refractivity contribution in [1.82, 2.24) is 4.98 Å². The van der Waals surface area contributed by atoms with Gasteiger partial charge in [-0.15, -0.1) is 11.3 Å². The molecule has 0 aliphatic rings. The molecule has 2 aromatic carbocycles. The van der Waals surface area contributed by atoms with Gasteiger partial charge >= 0.3 is 0 Å². The van der Waals surface area contributed by atoms with Crippen LogP contribution in [0.4, 0.5) is 5.13 Å². The van der Waals surface area contributed by atoms with E-state index in [1.807, 2.05) is 44.2 Å². The quantitative estimate of drug-likeness (QED) is 0.558. The molecule has 1 amide bonds. The van der Waals surface area contributed by atoms with E-state index in [0.717, 1.165) is 21.6 Å². The van der Waals surface area contributed by atoms with Crippen molar-refractivity contribution in [3.05, 3.63) is 74.2 Å². The number of aromatic nitrogens is 1. The first-order valence-corrected chi connectivity index (χ1v) is 9.86. The standard InChI is InChI=1S/C20H18Cl2N2O2S/c1-12-3-6-18(13(2)7-12)26-11-19(25)24-20-23-10-15(27-20)8-14-4-5-16(21)17(22)9-14/h3-7,9-10H,8,11H2,1-2H3,(H,23,24,25). The van der Waals surface area contributed by atoms with Gasteiger partial charge in [0.25, 0.3) is 5.91 Å². The third kappa shape index (κ3) is 5.45. The van der Waals surface area contributed by atoms with E-state index in [1.54, 1.807) is 12.3 Å². The fraction of sp³-hybridized carbons (Fsp3) is 0.200. The molecule has 3 aromatic rings. The van der Waals surface area contributed by atoms with Gasteiger partial charge < -0.3 is 4.74 Å². The van der Waals surface area contributed by atoms with Gasteiger partial charge in [0.2, 0.25) is 0 Å². The summed E-state index contributed by atoms with van der Waals surface area (Å²) in [5, 5.41) is 4.36. The molecular formula is C20H18Cl2N2O2S. The van der Waals surface area contributed by atoms with E-state index in [9.17, 15) is 4.79 Å². The molecule has 0 fully saturated rings. The molecule has 0 aliphatic carbocycles. The molecule has 0 bridgehead atoms. The van der Waals surface area contributed by atoms with E-state index < -0.39 is 0 Å². The van der Waals surface area contributed by atoms with Gasteiger partial charge in [0, 0.05) is 17.5 Å². The third-order valence-electron chi connectivity index (χ3n) is 3.85. The van der Waals surface area contributed by atoms with Gasteiger partial charge in [-0.05, 0) is 43.2 Å². The van der Waals surface area contributed by atoms with Crippen LogP contribution in [-0.4, -0.2) is 17.5 Å². The molecule has 1 heterocycles. The minimum absolute atomic E-state index is 0.0639. The number of carbonyl (C=O) groups is 1. The molecule has 1 aromatic heterocycles. The predicted molar refractivity (Wildman–Crippen MR) is 111 cm³/mol. The molecule has 3 rings (SSSR count). The van der Waals surface area contributed by atoms with Crippen LogP contribution in [0.25, 0.3) is 0 Å². The maximum atomic E-state index is 12.1. The van der Waals surface area contributed by atoms with Crippen LogP contribution in [0.1, 0.15) is 21.6 Å². The number of hydrogen-bond acceptors (Lipinski definition) is 4. The lowest BCUT2D eigenvalue weighted by molar-refractivity contribution is -0.118. The van der Waals surface area contributed by atoms with E-state index in [1.165, 1.54) is 11.3 Å². The first-order valence-electron chi connectivity index (χ1n) is 8.29. The Morgan fingerprint density at radius 2 is 1.96 bits per heavy atom. The Bertz CT molecular complexity index is 972. The zero-order chi connectivity index (χ0) is 19.4. The average molecular weight is 421 g/mol. The number of nitrogens with zero attached hydrogens (tertiary/aromatic N) is 1. The molecule has 7 heteroatoms. The number of benzene rings is 2. The molecule has 0 unspecified atom stereocenters. The van der Waals surface area contributed by atoms with Crippen LogP contribution in [0.15, 0.2) is 42.6 Å². The van der Waals surface area contributed by atoms with Gasteiger partial charge in [0.1, 0.15) is 5.75 Å². The number of carbonyl (C=O) groups excluding carboxylic acids is 1. The number of anilines is 1. The number of halogens is 2. The minimum atomic E-state index is -0.245. The summed E-state index contributed by atoms with van der Waals surface area (Å²) in [5.74, 6) is 0.459. The maximum absolute atomic E-state index is 12.1. The summed E-state index contributed by atoms with van der Waals surface area (Å²) in [7, 11) is 0. The number of aryl methyl sites for hydroxylation is 2. The Morgan fingerprint density at radius 1 is 1.15 bits per heavy atom. The molecule has 0 saturated carbocycles. The normalized spacial score (nSPS) is 10.7. The second-order valence-corrected chi connectivity index (χ2v) is 8.09. The Kier molecular flexibility index (Phi) is 6.37. The number of rotatable bonds is 6. The second-order valence-electron chi connectivity index (χ2n) is 6.16. The number of hydrogen-bond donors (Lipinski definition) is 1. The topological polar surface area (TPSA) is 51.2 Å². The zero-order valence-corrected chi connectivity index (χ0v) is 17.2. The number of thiazole rings is 1. The SMILES string of the molecule is Cc1ccc(OCC(=O)Nc2ncc(Cc3ccc(Cl)c(Cl)c3)s2)c(C)c1. The van der Waals surface area contributed by atoms with Crippen LogP contribution < -0.4 is 10.1 Å². The van der Waals surface area contributed by atoms with E-state index in [-0.39, 0.29) is 12.5 Å². The average Bonchev–Trinajstić information content (AvgIpc) is 3.04. The lowest BCUT2D eigenvalue weighted by Gasteiger charge is -2.09. The van der Waals surface area contributed by atoms with E-state index in [0.29, 0.717) is 27.3 Å². The predicted octanol–water partition coefficient (Wildman–Crippen LogP) is 5.68. The van der Waals surface area contributed by atoms with Crippen molar-refractivity contribution < 1.29 is 9.53 Å². The summed E-state index contributed by atoms with van der Waals surface area (Å²) in [6.45, 7) is 3.91. The highest BCUT2D eigenvalue weighted by Gasteiger charge is 2.10. The number of ether oxygens (including phenoxy) is 1. The Morgan fingerprint density at radius 3 is 2.70 bits per heavy atom. The molecule has 140 valence electrons. The highest BCUT2D eigenvalue weighted by atomic mass is 35.5. The van der Waals surface area contributed by atoms with E-state index in [2.05, 4.69) is 10.3 Å². The Hall–Kier alpha value is -2.08. The first kappa shape index (κ1) is 19.7. The monoisotopic (exact) mass is 420 g/mol. The first-order chi connectivity index (χ1) is 12.9. The van der Waals surface area contributed by atoms with Crippen molar-refractivity contribution in [3.63, 3.8) is 0 Å². The maximum Gasteiger partial charge on any atom is 0.264 e. The summed E-state index contributed by atoms with van der Waals surface area (Å²) in [6.07, 6.45) is 2.41. The summed E-state index contributed by atoms with van der Waals surface area (Å²) in [4.78, 5) is 17.4. The number of amides is 1. The Balaban J connectivity index is 1.55. The molecular weight excluding hydrogens is 403 g/mol. The number of nitrogens with one attached hydrogen (secondary N) is 1. The van der Waals surface area contributed by atoms with Crippen molar-refractivity contribution in [3.8, 4) is 5.75 Å².